The average Bonchev–Trinajstić information content (AvgIpc) is 3.81. The van der Waals surface area contributed by atoms with Crippen LogP contribution in [0.2, 0.25) is 0 Å². The number of likely N-dealkylation sites (tertiary alicyclic amines) is 2. The molecule has 2 saturated carbocycles. The Morgan fingerprint density at radius 2 is 1.07 bits per heavy atom. The number of carbonyl (C=O) groups is 4. The molecule has 4 fully saturated rings. The molecule has 4 N–H and O–H groups in total. The first kappa shape index (κ1) is 36.9. The molecular weight excluding hydrogens is 713 g/mol. The molecule has 8 atom stereocenters. The standard InChI is InChI=1S/C42H46N8O6/c1-5-29(47-41(53)55-3)39(51)49-33-17-27(33)19-35(49)37-43-21-31(45-37)25-13-9-23(10-14-25)7-8-24-11-15-26(16-12-24)32-22-44-38(46-32)36-20-28-18-34(28)50(36)40(52)30(6-2)48-42(54)56-4/h9-16,21-22,27-30,33-36H,5-6,17-20H2,1-4H3,(H,43,45)(H,44,46)(H,47,53)(H,48,54)/t27-,28-,29+,30+,33-,34-,35+,36+/m1/s1. The topological polar surface area (TPSA) is 175 Å². The van der Waals surface area contributed by atoms with Crippen LogP contribution in [0.3, 0.4) is 0 Å². The third-order valence-corrected chi connectivity index (χ3v) is 11.7. The fourth-order valence-electron chi connectivity index (χ4n) is 8.39. The first-order valence-electron chi connectivity index (χ1n) is 19.4. The number of nitrogens with one attached hydrogen (secondary N) is 4. The van der Waals surface area contributed by atoms with Gasteiger partial charge in [0.05, 0.1) is 50.1 Å². The molecule has 0 radical (unpaired) electrons. The van der Waals surface area contributed by atoms with Crippen molar-refractivity contribution in [3.8, 4) is 34.4 Å². The lowest BCUT2D eigenvalue weighted by Crippen LogP contribution is -2.49. The lowest BCUT2D eigenvalue weighted by Gasteiger charge is -2.30. The zero-order valence-corrected chi connectivity index (χ0v) is 31.9. The summed E-state index contributed by atoms with van der Waals surface area (Å²) in [5.74, 6) is 8.70. The second kappa shape index (κ2) is 15.2. The number of rotatable bonds is 10. The van der Waals surface area contributed by atoms with Gasteiger partial charge in [0.1, 0.15) is 23.7 Å². The molecule has 2 aliphatic carbocycles. The summed E-state index contributed by atoms with van der Waals surface area (Å²) >= 11 is 0. The Morgan fingerprint density at radius 1 is 0.679 bits per heavy atom. The molecule has 56 heavy (non-hydrogen) atoms. The van der Waals surface area contributed by atoms with Gasteiger partial charge in [-0.15, -0.1) is 0 Å². The Kier molecular flexibility index (Phi) is 10.0. The van der Waals surface area contributed by atoms with Crippen molar-refractivity contribution in [1.29, 1.82) is 0 Å². The number of carbonyl (C=O) groups excluding carboxylic acids is 4. The Labute approximate surface area is 325 Å². The predicted molar refractivity (Wildman–Crippen MR) is 205 cm³/mol. The number of aromatic amines is 2. The molecule has 290 valence electrons. The van der Waals surface area contributed by atoms with Crippen LogP contribution in [-0.2, 0) is 19.1 Å². The van der Waals surface area contributed by atoms with E-state index in [0.717, 1.165) is 71.0 Å². The molecule has 2 aliphatic heterocycles. The number of nitrogens with zero attached hydrogens (tertiary/aromatic N) is 4. The molecular formula is C42H46N8O6. The third-order valence-electron chi connectivity index (χ3n) is 11.7. The van der Waals surface area contributed by atoms with Crippen LogP contribution < -0.4 is 10.6 Å². The molecule has 14 heteroatoms. The van der Waals surface area contributed by atoms with Crippen molar-refractivity contribution < 1.29 is 28.7 Å². The number of methoxy groups -OCH3 is 2. The highest BCUT2D eigenvalue weighted by molar-refractivity contribution is 5.87. The van der Waals surface area contributed by atoms with Crippen molar-refractivity contribution in [2.24, 2.45) is 11.8 Å². The van der Waals surface area contributed by atoms with E-state index in [1.807, 2.05) is 72.2 Å². The van der Waals surface area contributed by atoms with Gasteiger partial charge in [-0.3, -0.25) is 9.59 Å². The Morgan fingerprint density at radius 3 is 1.43 bits per heavy atom. The van der Waals surface area contributed by atoms with Gasteiger partial charge in [-0.1, -0.05) is 50.0 Å². The number of piperidine rings is 2. The first-order chi connectivity index (χ1) is 27.2. The minimum Gasteiger partial charge on any atom is -0.453 e. The van der Waals surface area contributed by atoms with Crippen LogP contribution in [0, 0.1) is 23.7 Å². The fourth-order valence-corrected chi connectivity index (χ4v) is 8.39. The maximum atomic E-state index is 13.5. The number of ether oxygens (including phenoxy) is 2. The molecule has 4 heterocycles. The predicted octanol–water partition coefficient (Wildman–Crippen LogP) is 5.46. The van der Waals surface area contributed by atoms with Crippen molar-refractivity contribution in [3.63, 3.8) is 0 Å². The highest BCUT2D eigenvalue weighted by atomic mass is 16.5. The van der Waals surface area contributed by atoms with Crippen molar-refractivity contribution in [1.82, 2.24) is 40.4 Å². The SMILES string of the molecule is CC[C@H](NC(=O)OC)C(=O)N1[C@@H]2C[C@@H]2C[C@H]1c1ncc(-c2ccc(C#Cc3ccc(-c4cnc([C@@H]5C[C@H]6C[C@H]6N5C(=O)[C@H](CC)NC(=O)OC)[nH]4)cc3)cc2)[nH]1. The Bertz CT molecular complexity index is 2030. The molecule has 0 spiro atoms. The van der Waals surface area contributed by atoms with Crippen molar-refractivity contribution >= 4 is 24.0 Å². The zero-order chi connectivity index (χ0) is 39.1. The molecule has 0 bridgehead atoms. The van der Waals surface area contributed by atoms with E-state index in [4.69, 9.17) is 9.47 Å². The van der Waals surface area contributed by atoms with Crippen LogP contribution in [-0.4, -0.2) is 92.1 Å². The second-order valence-corrected chi connectivity index (χ2v) is 15.1. The summed E-state index contributed by atoms with van der Waals surface area (Å²) in [4.78, 5) is 70.8. The van der Waals surface area contributed by atoms with E-state index in [0.29, 0.717) is 24.7 Å². The number of imidazole rings is 2. The number of hydrogen-bond acceptors (Lipinski definition) is 8. The average molecular weight is 759 g/mol. The molecule has 0 unspecified atom stereocenters. The summed E-state index contributed by atoms with van der Waals surface area (Å²) in [6.45, 7) is 3.75. The summed E-state index contributed by atoms with van der Waals surface area (Å²) in [7, 11) is 2.59. The van der Waals surface area contributed by atoms with E-state index in [9.17, 15) is 19.2 Å². The van der Waals surface area contributed by atoms with E-state index < -0.39 is 24.3 Å². The second-order valence-electron chi connectivity index (χ2n) is 15.1. The number of amides is 4. The third kappa shape index (κ3) is 7.21. The first-order valence-corrected chi connectivity index (χ1v) is 19.4. The highest BCUT2D eigenvalue weighted by Gasteiger charge is 2.57. The summed E-state index contributed by atoms with van der Waals surface area (Å²) in [6.07, 6.45) is 6.96. The maximum Gasteiger partial charge on any atom is 0.407 e. The Balaban J connectivity index is 0.897. The van der Waals surface area contributed by atoms with Gasteiger partial charge < -0.3 is 39.9 Å². The molecule has 8 rings (SSSR count). The number of aromatic nitrogens is 4. The van der Waals surface area contributed by atoms with Crippen molar-refractivity contribution in [2.45, 2.75) is 88.6 Å². The number of alkyl carbamates (subject to hydrolysis) is 2. The van der Waals surface area contributed by atoms with Gasteiger partial charge in [-0.25, -0.2) is 19.6 Å². The monoisotopic (exact) mass is 758 g/mol. The number of benzene rings is 2. The number of hydrogen-bond donors (Lipinski definition) is 4. The summed E-state index contributed by atoms with van der Waals surface area (Å²) in [5.41, 5.74) is 5.37. The minimum atomic E-state index is -0.646. The van der Waals surface area contributed by atoms with Gasteiger partial charge in [-0.05, 0) is 85.8 Å². The number of fused-ring (bicyclic) bond motifs is 2. The molecule has 4 aliphatic rings. The van der Waals surface area contributed by atoms with E-state index in [1.165, 1.54) is 14.2 Å². The normalized spacial score (nSPS) is 23.9. The largest absolute Gasteiger partial charge is 0.453 e. The van der Waals surface area contributed by atoms with E-state index in [-0.39, 0.29) is 36.0 Å². The smallest absolute Gasteiger partial charge is 0.407 e. The van der Waals surface area contributed by atoms with Crippen molar-refractivity contribution in [3.05, 3.63) is 83.7 Å². The Hall–Kier alpha value is -6.10. The summed E-state index contributed by atoms with van der Waals surface area (Å²) in [6, 6.07) is 14.6. The van der Waals surface area contributed by atoms with Crippen LogP contribution in [0.15, 0.2) is 60.9 Å². The molecule has 4 aromatic rings. The lowest BCUT2D eigenvalue weighted by molar-refractivity contribution is -0.136. The van der Waals surface area contributed by atoms with Crippen molar-refractivity contribution in [2.75, 3.05) is 14.2 Å². The van der Waals surface area contributed by atoms with E-state index >= 15 is 0 Å². The zero-order valence-electron chi connectivity index (χ0n) is 31.9. The molecule has 2 aromatic heterocycles. The maximum absolute atomic E-state index is 13.5. The van der Waals surface area contributed by atoms with Gasteiger partial charge in [0.25, 0.3) is 0 Å². The summed E-state index contributed by atoms with van der Waals surface area (Å²) in [5, 5.41) is 5.35. The van der Waals surface area contributed by atoms with Crippen LogP contribution in [0.1, 0.15) is 87.2 Å². The van der Waals surface area contributed by atoms with Gasteiger partial charge in [-0.2, -0.15) is 0 Å². The quantitative estimate of drug-likeness (QED) is 0.154. The van der Waals surface area contributed by atoms with Gasteiger partial charge in [0, 0.05) is 23.2 Å². The number of H-pyrrole nitrogens is 2. The molecule has 2 aromatic carbocycles. The fraction of sp³-hybridized carbons (Fsp3) is 0.429. The van der Waals surface area contributed by atoms with Gasteiger partial charge >= 0.3 is 12.2 Å². The van der Waals surface area contributed by atoms with Crippen LogP contribution in [0.5, 0.6) is 0 Å². The minimum absolute atomic E-state index is 0.103. The lowest BCUT2D eigenvalue weighted by atomic mass is 10.1. The molecule has 14 nitrogen and oxygen atoms in total. The van der Waals surface area contributed by atoms with Gasteiger partial charge in [0.15, 0.2) is 0 Å². The van der Waals surface area contributed by atoms with Crippen LogP contribution in [0.4, 0.5) is 9.59 Å². The molecule has 2 saturated heterocycles. The van der Waals surface area contributed by atoms with E-state index in [2.05, 4.69) is 42.4 Å². The van der Waals surface area contributed by atoms with Crippen LogP contribution >= 0.6 is 0 Å². The van der Waals surface area contributed by atoms with E-state index in [1.54, 1.807) is 12.4 Å². The molecule has 4 amide bonds. The highest BCUT2D eigenvalue weighted by Crippen LogP contribution is 2.54. The summed E-state index contributed by atoms with van der Waals surface area (Å²) < 4.78 is 9.47. The van der Waals surface area contributed by atoms with Crippen LogP contribution in [0.25, 0.3) is 22.5 Å². The van der Waals surface area contributed by atoms with Gasteiger partial charge in [0.2, 0.25) is 11.8 Å².